The molecule has 0 bridgehead atoms. The van der Waals surface area contributed by atoms with Crippen LogP contribution in [-0.2, 0) is 0 Å². The van der Waals surface area contributed by atoms with Gasteiger partial charge in [-0.2, -0.15) is 18.4 Å². The first-order valence-corrected chi connectivity index (χ1v) is 4.69. The van der Waals surface area contributed by atoms with Crippen molar-refractivity contribution in [2.24, 2.45) is 0 Å². The Labute approximate surface area is 99.2 Å². The summed E-state index contributed by atoms with van der Waals surface area (Å²) in [5.74, 6) is -0.344. The second-order valence-corrected chi connectivity index (χ2v) is 3.22. The molecule has 96 valence electrons. The molecule has 9 heteroatoms. The van der Waals surface area contributed by atoms with Crippen LogP contribution in [0.25, 0.3) is 0 Å². The van der Waals surface area contributed by atoms with Crippen LogP contribution < -0.4 is 5.32 Å². The van der Waals surface area contributed by atoms with E-state index in [1.165, 1.54) is 0 Å². The molecule has 0 unspecified atom stereocenters. The van der Waals surface area contributed by atoms with Gasteiger partial charge >= 0.3 is 11.9 Å². The van der Waals surface area contributed by atoms with Crippen molar-refractivity contribution in [2.75, 3.05) is 11.9 Å². The summed E-state index contributed by atoms with van der Waals surface area (Å²) in [6.07, 6.45) is -4.40. The molecule has 18 heavy (non-hydrogen) atoms. The van der Waals surface area contributed by atoms with Gasteiger partial charge in [0, 0.05) is 12.7 Å². The third-order valence-electron chi connectivity index (χ3n) is 1.93. The average molecular weight is 260 g/mol. The molecule has 0 saturated carbocycles. The van der Waals surface area contributed by atoms with E-state index in [9.17, 15) is 23.3 Å². The van der Waals surface area contributed by atoms with Crippen LogP contribution in [0.1, 0.15) is 12.0 Å². The summed E-state index contributed by atoms with van der Waals surface area (Å²) in [7, 11) is 0. The number of anilines is 1. The Morgan fingerprint density at radius 1 is 1.56 bits per heavy atom. The van der Waals surface area contributed by atoms with Crippen molar-refractivity contribution >= 4 is 11.5 Å². The van der Waals surface area contributed by atoms with Crippen LogP contribution in [0.15, 0.2) is 12.3 Å². The van der Waals surface area contributed by atoms with Gasteiger partial charge in [-0.3, -0.25) is 10.1 Å². The number of nitriles is 1. The number of aromatic nitrogens is 1. The Hall–Kier alpha value is -2.37. The Balaban J connectivity index is 2.90. The number of rotatable bonds is 4. The second-order valence-electron chi connectivity index (χ2n) is 3.22. The van der Waals surface area contributed by atoms with Gasteiger partial charge in [0.15, 0.2) is 0 Å². The highest BCUT2D eigenvalue weighted by Crippen LogP contribution is 2.26. The molecule has 0 aliphatic heterocycles. The normalized spacial score (nSPS) is 10.8. The fraction of sp³-hybridized carbons (Fsp3) is 0.333. The topological polar surface area (TPSA) is 91.8 Å². The van der Waals surface area contributed by atoms with E-state index in [-0.39, 0.29) is 11.4 Å². The molecule has 1 N–H and O–H groups in total. The van der Waals surface area contributed by atoms with Crippen molar-refractivity contribution in [3.8, 4) is 6.07 Å². The van der Waals surface area contributed by atoms with Gasteiger partial charge in [-0.15, -0.1) is 0 Å². The van der Waals surface area contributed by atoms with E-state index in [2.05, 4.69) is 10.3 Å². The molecular formula is C9H7F3N4O2. The minimum Gasteiger partial charge on any atom is -0.364 e. The first-order valence-electron chi connectivity index (χ1n) is 4.69. The predicted molar refractivity (Wildman–Crippen MR) is 54.8 cm³/mol. The zero-order valence-corrected chi connectivity index (χ0v) is 8.86. The van der Waals surface area contributed by atoms with E-state index in [1.807, 2.05) is 0 Å². The van der Waals surface area contributed by atoms with Crippen LogP contribution in [0.2, 0.25) is 0 Å². The molecule has 1 rings (SSSR count). The molecule has 0 fully saturated rings. The van der Waals surface area contributed by atoms with E-state index in [0.717, 1.165) is 12.3 Å². The second kappa shape index (κ2) is 5.31. The monoisotopic (exact) mass is 260 g/mol. The first kappa shape index (κ1) is 13.7. The summed E-state index contributed by atoms with van der Waals surface area (Å²) < 4.78 is 35.7. The zero-order valence-electron chi connectivity index (χ0n) is 8.86. The maximum Gasteiger partial charge on any atom is 0.390 e. The molecule has 0 aliphatic rings. The standard InChI is InChI=1S/C9H7F3N4O2/c10-9(11,12)2-4-15-8-7(16(17)18)6(5-13)1-3-14-8/h1,3H,2,4H2,(H,14,15). The highest BCUT2D eigenvalue weighted by atomic mass is 19.4. The number of halogens is 3. The van der Waals surface area contributed by atoms with Crippen molar-refractivity contribution in [3.63, 3.8) is 0 Å². The molecule has 0 spiro atoms. The van der Waals surface area contributed by atoms with Gasteiger partial charge in [0.05, 0.1) is 11.3 Å². The van der Waals surface area contributed by atoms with Gasteiger partial charge in [0.1, 0.15) is 11.6 Å². The summed E-state index contributed by atoms with van der Waals surface area (Å²) in [4.78, 5) is 13.4. The minimum atomic E-state index is -4.37. The summed E-state index contributed by atoms with van der Waals surface area (Å²) in [5.41, 5.74) is -0.883. The van der Waals surface area contributed by atoms with E-state index in [4.69, 9.17) is 5.26 Å². The summed E-state index contributed by atoms with van der Waals surface area (Å²) in [5, 5.41) is 21.6. The Morgan fingerprint density at radius 3 is 2.72 bits per heavy atom. The van der Waals surface area contributed by atoms with E-state index >= 15 is 0 Å². The lowest BCUT2D eigenvalue weighted by molar-refractivity contribution is -0.384. The van der Waals surface area contributed by atoms with E-state index in [1.54, 1.807) is 6.07 Å². The van der Waals surface area contributed by atoms with Gasteiger partial charge < -0.3 is 5.32 Å². The predicted octanol–water partition coefficient (Wildman–Crippen LogP) is 2.23. The molecule has 1 heterocycles. The smallest absolute Gasteiger partial charge is 0.364 e. The number of hydrogen-bond acceptors (Lipinski definition) is 5. The zero-order chi connectivity index (χ0) is 13.8. The van der Waals surface area contributed by atoms with Gasteiger partial charge in [-0.05, 0) is 6.07 Å². The SMILES string of the molecule is N#Cc1ccnc(NCCC(F)(F)F)c1[N+](=O)[O-]. The van der Waals surface area contributed by atoms with E-state index in [0.29, 0.717) is 0 Å². The number of nitro groups is 1. The highest BCUT2D eigenvalue weighted by Gasteiger charge is 2.27. The molecule has 0 aromatic carbocycles. The number of nitrogens with one attached hydrogen (secondary N) is 1. The maximum atomic E-state index is 11.9. The van der Waals surface area contributed by atoms with Crippen LogP contribution in [-0.4, -0.2) is 22.6 Å². The maximum absolute atomic E-state index is 11.9. The van der Waals surface area contributed by atoms with Crippen molar-refractivity contribution in [2.45, 2.75) is 12.6 Å². The number of hydrogen-bond donors (Lipinski definition) is 1. The van der Waals surface area contributed by atoms with Crippen molar-refractivity contribution in [1.82, 2.24) is 4.98 Å². The van der Waals surface area contributed by atoms with Gasteiger partial charge in [-0.25, -0.2) is 4.98 Å². The van der Waals surface area contributed by atoms with Gasteiger partial charge in [0.25, 0.3) is 0 Å². The summed E-state index contributed by atoms with van der Waals surface area (Å²) in [6.45, 7) is -0.549. The summed E-state index contributed by atoms with van der Waals surface area (Å²) in [6, 6.07) is 2.70. The fourth-order valence-corrected chi connectivity index (χ4v) is 1.18. The van der Waals surface area contributed by atoms with Gasteiger partial charge in [-0.1, -0.05) is 0 Å². The van der Waals surface area contributed by atoms with E-state index < -0.39 is 29.8 Å². The van der Waals surface area contributed by atoms with Crippen LogP contribution in [0.4, 0.5) is 24.7 Å². The van der Waals surface area contributed by atoms with Crippen LogP contribution in [0, 0.1) is 21.4 Å². The first-order chi connectivity index (χ1) is 8.35. The molecule has 1 aromatic heterocycles. The van der Waals surface area contributed by atoms with Crippen LogP contribution >= 0.6 is 0 Å². The van der Waals surface area contributed by atoms with Crippen molar-refractivity contribution < 1.29 is 18.1 Å². The molecule has 0 aliphatic carbocycles. The number of nitrogens with zero attached hydrogens (tertiary/aromatic N) is 3. The van der Waals surface area contributed by atoms with Crippen LogP contribution in [0.3, 0.4) is 0 Å². The molecular weight excluding hydrogens is 253 g/mol. The van der Waals surface area contributed by atoms with Crippen LogP contribution in [0.5, 0.6) is 0 Å². The van der Waals surface area contributed by atoms with Crippen molar-refractivity contribution in [3.05, 3.63) is 27.9 Å². The molecule has 0 amide bonds. The Bertz CT molecular complexity index is 496. The Kier molecular flexibility index (Phi) is 4.04. The third-order valence-corrected chi connectivity index (χ3v) is 1.93. The molecule has 6 nitrogen and oxygen atoms in total. The summed E-state index contributed by atoms with van der Waals surface area (Å²) >= 11 is 0. The lowest BCUT2D eigenvalue weighted by atomic mass is 10.2. The lowest BCUT2D eigenvalue weighted by Gasteiger charge is -2.08. The number of pyridine rings is 1. The van der Waals surface area contributed by atoms with Gasteiger partial charge in [0.2, 0.25) is 5.82 Å². The average Bonchev–Trinajstić information content (AvgIpc) is 2.26. The highest BCUT2D eigenvalue weighted by molar-refractivity contribution is 5.63. The quantitative estimate of drug-likeness (QED) is 0.661. The third kappa shape index (κ3) is 3.58. The molecule has 1 aromatic rings. The Morgan fingerprint density at radius 2 is 2.22 bits per heavy atom. The fourth-order valence-electron chi connectivity index (χ4n) is 1.18. The lowest BCUT2D eigenvalue weighted by Crippen LogP contribution is -2.16. The number of alkyl halides is 3. The molecule has 0 saturated heterocycles. The molecule has 0 atom stereocenters. The van der Waals surface area contributed by atoms with Crippen molar-refractivity contribution in [1.29, 1.82) is 5.26 Å². The minimum absolute atomic E-state index is 0.260. The largest absolute Gasteiger partial charge is 0.390 e. The molecule has 0 radical (unpaired) electrons.